The van der Waals surface area contributed by atoms with Crippen LogP contribution >= 0.6 is 0 Å². The molecule has 0 atom stereocenters. The maximum atomic E-state index is 12.3. The first-order valence-corrected chi connectivity index (χ1v) is 5.50. The van der Waals surface area contributed by atoms with Crippen molar-refractivity contribution in [2.45, 2.75) is 6.61 Å². The van der Waals surface area contributed by atoms with Gasteiger partial charge in [-0.2, -0.15) is 8.78 Å². The topological polar surface area (TPSA) is 68.5 Å². The van der Waals surface area contributed by atoms with E-state index in [1.54, 1.807) is 0 Å². The lowest BCUT2D eigenvalue weighted by atomic mass is 10.2. The predicted molar refractivity (Wildman–Crippen MR) is 65.6 cm³/mol. The van der Waals surface area contributed by atoms with Crippen molar-refractivity contribution < 1.29 is 23.4 Å². The number of ether oxygens (including phenoxy) is 1. The molecule has 2 aromatic rings. The van der Waals surface area contributed by atoms with Crippen molar-refractivity contribution in [1.29, 1.82) is 0 Å². The van der Waals surface area contributed by atoms with E-state index >= 15 is 0 Å². The smallest absolute Gasteiger partial charge is 0.387 e. The molecular weight excluding hydrogens is 272 g/mol. The first-order chi connectivity index (χ1) is 9.50. The molecule has 20 heavy (non-hydrogen) atoms. The number of alkyl halides is 2. The monoisotopic (exact) mass is 281 g/mol. The van der Waals surface area contributed by atoms with Crippen molar-refractivity contribution in [1.82, 2.24) is 4.57 Å². The third-order valence-corrected chi connectivity index (χ3v) is 2.52. The SMILES string of the molecule is O=C(O)c1cccn(-c2ccccc2OC(F)F)c1=O. The van der Waals surface area contributed by atoms with Crippen LogP contribution in [-0.4, -0.2) is 22.3 Å². The molecule has 1 aromatic carbocycles. The average Bonchev–Trinajstić information content (AvgIpc) is 2.39. The second-order valence-corrected chi connectivity index (χ2v) is 3.75. The molecule has 1 aromatic heterocycles. The van der Waals surface area contributed by atoms with Gasteiger partial charge in [-0.25, -0.2) is 4.79 Å². The molecule has 5 nitrogen and oxygen atoms in total. The van der Waals surface area contributed by atoms with E-state index in [-0.39, 0.29) is 11.4 Å². The van der Waals surface area contributed by atoms with E-state index in [1.807, 2.05) is 0 Å². The van der Waals surface area contributed by atoms with Crippen molar-refractivity contribution in [3.05, 3.63) is 58.5 Å². The number of hydrogen-bond donors (Lipinski definition) is 1. The molecule has 0 unspecified atom stereocenters. The van der Waals surface area contributed by atoms with Crippen LogP contribution in [0.3, 0.4) is 0 Å². The number of hydrogen-bond acceptors (Lipinski definition) is 3. The summed E-state index contributed by atoms with van der Waals surface area (Å²) < 4.78 is 29.9. The largest absolute Gasteiger partial charge is 0.477 e. The van der Waals surface area contributed by atoms with Gasteiger partial charge in [-0.1, -0.05) is 12.1 Å². The minimum Gasteiger partial charge on any atom is -0.477 e. The summed E-state index contributed by atoms with van der Waals surface area (Å²) in [6.07, 6.45) is 1.28. The van der Waals surface area contributed by atoms with E-state index in [2.05, 4.69) is 4.74 Å². The van der Waals surface area contributed by atoms with Gasteiger partial charge in [0.15, 0.2) is 0 Å². The summed E-state index contributed by atoms with van der Waals surface area (Å²) >= 11 is 0. The molecular formula is C13H9F2NO4. The Morgan fingerprint density at radius 3 is 2.55 bits per heavy atom. The number of carbonyl (C=O) groups is 1. The molecule has 0 saturated carbocycles. The summed E-state index contributed by atoms with van der Waals surface area (Å²) in [5.41, 5.74) is -1.24. The number of rotatable bonds is 4. The molecule has 0 radical (unpaired) electrons. The second kappa shape index (κ2) is 5.52. The molecule has 0 aliphatic rings. The Bertz CT molecular complexity index is 697. The normalized spacial score (nSPS) is 10.6. The van der Waals surface area contributed by atoms with Crippen molar-refractivity contribution in [3.8, 4) is 11.4 Å². The molecule has 0 spiro atoms. The van der Waals surface area contributed by atoms with Gasteiger partial charge in [0.2, 0.25) is 0 Å². The summed E-state index contributed by atoms with van der Waals surface area (Å²) in [4.78, 5) is 22.9. The van der Waals surface area contributed by atoms with E-state index in [9.17, 15) is 18.4 Å². The first kappa shape index (κ1) is 13.7. The Kier molecular flexibility index (Phi) is 3.79. The fourth-order valence-electron chi connectivity index (χ4n) is 1.70. The number of carboxylic acid groups (broad SMARTS) is 1. The molecule has 1 N–H and O–H groups in total. The van der Waals surface area contributed by atoms with Crippen LogP contribution < -0.4 is 10.3 Å². The van der Waals surface area contributed by atoms with Crippen LogP contribution in [0, 0.1) is 0 Å². The predicted octanol–water partition coefficient (Wildman–Crippen LogP) is 2.14. The van der Waals surface area contributed by atoms with Crippen molar-refractivity contribution in [2.75, 3.05) is 0 Å². The minimum atomic E-state index is -3.05. The van der Waals surface area contributed by atoms with Gasteiger partial charge in [-0.05, 0) is 24.3 Å². The fraction of sp³-hybridized carbons (Fsp3) is 0.0769. The van der Waals surface area contributed by atoms with Gasteiger partial charge in [0.05, 0.1) is 5.69 Å². The molecule has 0 amide bonds. The molecule has 0 fully saturated rings. The number of aromatic carboxylic acids is 1. The lowest BCUT2D eigenvalue weighted by Crippen LogP contribution is -2.24. The van der Waals surface area contributed by atoms with E-state index in [1.165, 1.54) is 36.5 Å². The Morgan fingerprint density at radius 1 is 1.20 bits per heavy atom. The zero-order valence-corrected chi connectivity index (χ0v) is 9.99. The second-order valence-electron chi connectivity index (χ2n) is 3.75. The van der Waals surface area contributed by atoms with Crippen molar-refractivity contribution in [2.24, 2.45) is 0 Å². The molecule has 7 heteroatoms. The van der Waals surface area contributed by atoms with Gasteiger partial charge >= 0.3 is 12.6 Å². The maximum absolute atomic E-state index is 12.3. The standard InChI is InChI=1S/C13H9F2NO4/c14-13(15)20-10-6-2-1-5-9(10)16-7-3-4-8(11(16)17)12(18)19/h1-7,13H,(H,18,19). The molecule has 0 saturated heterocycles. The fourth-order valence-corrected chi connectivity index (χ4v) is 1.70. The maximum Gasteiger partial charge on any atom is 0.387 e. The lowest BCUT2D eigenvalue weighted by molar-refractivity contribution is -0.0498. The van der Waals surface area contributed by atoms with Crippen LogP contribution in [0.5, 0.6) is 5.75 Å². The summed E-state index contributed by atoms with van der Waals surface area (Å²) in [7, 11) is 0. The number of para-hydroxylation sites is 2. The Morgan fingerprint density at radius 2 is 1.90 bits per heavy atom. The highest BCUT2D eigenvalue weighted by Crippen LogP contribution is 2.23. The van der Waals surface area contributed by atoms with E-state index in [0.29, 0.717) is 0 Å². The molecule has 0 aliphatic carbocycles. The van der Waals surface area contributed by atoms with Crippen LogP contribution in [0.15, 0.2) is 47.4 Å². The van der Waals surface area contributed by atoms with Gasteiger partial charge in [-0.3, -0.25) is 9.36 Å². The number of aromatic nitrogens is 1. The van der Waals surface area contributed by atoms with Crippen LogP contribution in [0.25, 0.3) is 5.69 Å². The molecule has 1 heterocycles. The van der Waals surface area contributed by atoms with E-state index in [4.69, 9.17) is 5.11 Å². The summed E-state index contributed by atoms with van der Waals surface area (Å²) in [5, 5.41) is 8.89. The lowest BCUT2D eigenvalue weighted by Gasteiger charge is -2.12. The molecule has 0 bridgehead atoms. The highest BCUT2D eigenvalue weighted by Gasteiger charge is 2.15. The highest BCUT2D eigenvalue weighted by atomic mass is 19.3. The van der Waals surface area contributed by atoms with E-state index in [0.717, 1.165) is 10.6 Å². The van der Waals surface area contributed by atoms with Crippen LogP contribution in [0.1, 0.15) is 10.4 Å². The summed E-state index contributed by atoms with van der Waals surface area (Å²) in [6, 6.07) is 8.11. The minimum absolute atomic E-state index is 0.0425. The van der Waals surface area contributed by atoms with Gasteiger partial charge in [-0.15, -0.1) is 0 Å². The number of nitrogens with zero attached hydrogens (tertiary/aromatic N) is 1. The van der Waals surface area contributed by atoms with Crippen LogP contribution in [0.2, 0.25) is 0 Å². The molecule has 104 valence electrons. The highest BCUT2D eigenvalue weighted by molar-refractivity contribution is 5.87. The van der Waals surface area contributed by atoms with Gasteiger partial charge in [0.1, 0.15) is 11.3 Å². The summed E-state index contributed by atoms with van der Waals surface area (Å²) in [5.74, 6) is -1.61. The zero-order chi connectivity index (χ0) is 14.7. The van der Waals surface area contributed by atoms with Gasteiger partial charge < -0.3 is 9.84 Å². The first-order valence-electron chi connectivity index (χ1n) is 5.50. The number of benzene rings is 1. The average molecular weight is 281 g/mol. The zero-order valence-electron chi connectivity index (χ0n) is 9.99. The Balaban J connectivity index is 2.61. The Labute approximate surface area is 111 Å². The third kappa shape index (κ3) is 2.66. The number of carboxylic acids is 1. The van der Waals surface area contributed by atoms with Crippen molar-refractivity contribution in [3.63, 3.8) is 0 Å². The molecule has 0 aliphatic heterocycles. The Hall–Kier alpha value is -2.70. The van der Waals surface area contributed by atoms with Crippen LogP contribution in [-0.2, 0) is 0 Å². The van der Waals surface area contributed by atoms with E-state index < -0.39 is 23.7 Å². The number of halogens is 2. The van der Waals surface area contributed by atoms with Crippen LogP contribution in [0.4, 0.5) is 8.78 Å². The van der Waals surface area contributed by atoms with Crippen molar-refractivity contribution >= 4 is 5.97 Å². The number of pyridine rings is 1. The quantitative estimate of drug-likeness (QED) is 0.932. The summed E-state index contributed by atoms with van der Waals surface area (Å²) in [6.45, 7) is -3.05. The third-order valence-electron chi connectivity index (χ3n) is 2.52. The molecule has 2 rings (SSSR count). The van der Waals surface area contributed by atoms with Gasteiger partial charge in [0, 0.05) is 6.20 Å². The van der Waals surface area contributed by atoms with Gasteiger partial charge in [0.25, 0.3) is 5.56 Å².